The molecule has 1 aliphatic rings. The second-order valence-electron chi connectivity index (χ2n) is 3.61. The molecule has 0 aliphatic carbocycles. The summed E-state index contributed by atoms with van der Waals surface area (Å²) < 4.78 is 0. The third-order valence-electron chi connectivity index (χ3n) is 2.63. The number of nitrogens with one attached hydrogen (secondary N) is 1. The normalized spacial score (nSPS) is 27.7. The predicted molar refractivity (Wildman–Crippen MR) is 57.5 cm³/mol. The maximum absolute atomic E-state index is 10.0. The van der Waals surface area contributed by atoms with Crippen molar-refractivity contribution < 1.29 is 5.11 Å². The summed E-state index contributed by atoms with van der Waals surface area (Å²) in [6.07, 6.45) is 0.892. The van der Waals surface area contributed by atoms with Crippen molar-refractivity contribution in [1.82, 2.24) is 10.2 Å². The molecular weight excluding hydrogens is 188 g/mol. The zero-order chi connectivity index (χ0) is 9.03. The third kappa shape index (κ3) is 3.81. The highest BCUT2D eigenvalue weighted by Crippen LogP contribution is 2.15. The summed E-state index contributed by atoms with van der Waals surface area (Å²) in [7, 11) is 0. The molecule has 1 rings (SSSR count). The van der Waals surface area contributed by atoms with E-state index in [-0.39, 0.29) is 12.4 Å². The van der Waals surface area contributed by atoms with Crippen molar-refractivity contribution in [3.8, 4) is 0 Å². The smallest absolute Gasteiger partial charge is 0.0909 e. The van der Waals surface area contributed by atoms with Crippen molar-refractivity contribution >= 4 is 12.4 Å². The first kappa shape index (κ1) is 13.2. The summed E-state index contributed by atoms with van der Waals surface area (Å²) >= 11 is 0. The van der Waals surface area contributed by atoms with Crippen LogP contribution in [0.1, 0.15) is 20.3 Å². The molecular formula is C9H21ClN2O. The average molecular weight is 209 g/mol. The number of aliphatic hydroxyl groups is 1. The van der Waals surface area contributed by atoms with Gasteiger partial charge in [0.15, 0.2) is 0 Å². The Morgan fingerprint density at radius 2 is 2.00 bits per heavy atom. The minimum Gasteiger partial charge on any atom is -0.387 e. The van der Waals surface area contributed by atoms with Crippen molar-refractivity contribution in [2.24, 2.45) is 0 Å². The molecule has 0 aromatic heterocycles. The molecule has 1 fully saturated rings. The highest BCUT2D eigenvalue weighted by molar-refractivity contribution is 5.85. The highest BCUT2D eigenvalue weighted by Gasteiger charge is 2.32. The van der Waals surface area contributed by atoms with Crippen LogP contribution in [-0.4, -0.2) is 48.3 Å². The zero-order valence-electron chi connectivity index (χ0n) is 8.55. The van der Waals surface area contributed by atoms with Gasteiger partial charge in [-0.2, -0.15) is 0 Å². The molecule has 13 heavy (non-hydrogen) atoms. The van der Waals surface area contributed by atoms with E-state index in [0.29, 0.717) is 0 Å². The van der Waals surface area contributed by atoms with Gasteiger partial charge < -0.3 is 15.3 Å². The lowest BCUT2D eigenvalue weighted by Crippen LogP contribution is -2.44. The Morgan fingerprint density at radius 3 is 2.38 bits per heavy atom. The Labute approximate surface area is 86.9 Å². The maximum Gasteiger partial charge on any atom is 0.0909 e. The Balaban J connectivity index is 0.00000144. The van der Waals surface area contributed by atoms with Crippen molar-refractivity contribution in [1.29, 1.82) is 0 Å². The monoisotopic (exact) mass is 208 g/mol. The first-order valence-electron chi connectivity index (χ1n) is 4.85. The fraction of sp³-hybridized carbons (Fsp3) is 1.00. The van der Waals surface area contributed by atoms with E-state index in [1.54, 1.807) is 0 Å². The van der Waals surface area contributed by atoms with E-state index in [2.05, 4.69) is 24.1 Å². The summed E-state index contributed by atoms with van der Waals surface area (Å²) in [6.45, 7) is 8.84. The topological polar surface area (TPSA) is 35.5 Å². The summed E-state index contributed by atoms with van der Waals surface area (Å²) in [5, 5.41) is 13.2. The van der Waals surface area contributed by atoms with Crippen molar-refractivity contribution in [3.63, 3.8) is 0 Å². The summed E-state index contributed by atoms with van der Waals surface area (Å²) in [6, 6.07) is 0. The van der Waals surface area contributed by atoms with E-state index in [0.717, 1.165) is 39.1 Å². The Hall–Kier alpha value is 0.170. The van der Waals surface area contributed by atoms with Gasteiger partial charge in [0, 0.05) is 13.1 Å². The first-order chi connectivity index (χ1) is 5.70. The maximum atomic E-state index is 10.0. The molecule has 1 saturated heterocycles. The van der Waals surface area contributed by atoms with Gasteiger partial charge in [0.25, 0.3) is 0 Å². The molecule has 0 saturated carbocycles. The van der Waals surface area contributed by atoms with E-state index < -0.39 is 5.60 Å². The highest BCUT2D eigenvalue weighted by atomic mass is 35.5. The molecule has 80 valence electrons. The van der Waals surface area contributed by atoms with E-state index in [9.17, 15) is 5.11 Å². The number of halogens is 1. The van der Waals surface area contributed by atoms with Crippen LogP contribution in [0.3, 0.4) is 0 Å². The molecule has 0 bridgehead atoms. The lowest BCUT2D eigenvalue weighted by atomic mass is 10.0. The van der Waals surface area contributed by atoms with E-state index in [1.807, 2.05) is 0 Å². The van der Waals surface area contributed by atoms with Crippen LogP contribution in [0.2, 0.25) is 0 Å². The number of hydrogen-bond donors (Lipinski definition) is 2. The number of β-amino-alcohol motifs (C(OH)–C–C–N with tert-alkyl or cyclic N) is 1. The number of nitrogens with zero attached hydrogens (tertiary/aromatic N) is 1. The Morgan fingerprint density at radius 1 is 1.38 bits per heavy atom. The van der Waals surface area contributed by atoms with Crippen LogP contribution in [-0.2, 0) is 0 Å². The molecule has 1 unspecified atom stereocenters. The summed E-state index contributed by atoms with van der Waals surface area (Å²) in [4.78, 5) is 2.27. The molecule has 4 heteroatoms. The molecule has 1 atom stereocenters. The Bertz CT molecular complexity index is 134. The van der Waals surface area contributed by atoms with Gasteiger partial charge in [0.05, 0.1) is 5.60 Å². The van der Waals surface area contributed by atoms with Gasteiger partial charge in [-0.1, -0.05) is 13.8 Å². The van der Waals surface area contributed by atoms with E-state index >= 15 is 0 Å². The fourth-order valence-corrected chi connectivity index (χ4v) is 1.73. The fourth-order valence-electron chi connectivity index (χ4n) is 1.73. The molecule has 0 aromatic rings. The van der Waals surface area contributed by atoms with Gasteiger partial charge in [-0.25, -0.2) is 0 Å². The van der Waals surface area contributed by atoms with Gasteiger partial charge in [-0.15, -0.1) is 12.4 Å². The van der Waals surface area contributed by atoms with Gasteiger partial charge in [0.1, 0.15) is 0 Å². The van der Waals surface area contributed by atoms with E-state index in [1.165, 1.54) is 0 Å². The van der Waals surface area contributed by atoms with Crippen molar-refractivity contribution in [2.45, 2.75) is 25.9 Å². The van der Waals surface area contributed by atoms with Crippen LogP contribution in [0, 0.1) is 0 Å². The summed E-state index contributed by atoms with van der Waals surface area (Å²) in [5.41, 5.74) is -0.466. The van der Waals surface area contributed by atoms with Crippen LogP contribution in [0.25, 0.3) is 0 Å². The van der Waals surface area contributed by atoms with Gasteiger partial charge in [-0.05, 0) is 26.1 Å². The second-order valence-corrected chi connectivity index (χ2v) is 3.61. The molecule has 0 amide bonds. The molecule has 0 aromatic carbocycles. The molecule has 0 radical (unpaired) electrons. The van der Waals surface area contributed by atoms with Crippen LogP contribution in [0.4, 0.5) is 0 Å². The van der Waals surface area contributed by atoms with Crippen LogP contribution >= 0.6 is 12.4 Å². The Kier molecular flexibility index (Phi) is 5.88. The van der Waals surface area contributed by atoms with Gasteiger partial charge >= 0.3 is 0 Å². The number of likely N-dealkylation sites (N-methyl/N-ethyl adjacent to an activating group) is 1. The van der Waals surface area contributed by atoms with Crippen LogP contribution < -0.4 is 5.32 Å². The molecule has 2 N–H and O–H groups in total. The third-order valence-corrected chi connectivity index (χ3v) is 2.63. The lowest BCUT2D eigenvalue weighted by molar-refractivity contribution is 0.0238. The molecule has 3 nitrogen and oxygen atoms in total. The second kappa shape index (κ2) is 5.81. The van der Waals surface area contributed by atoms with Crippen molar-refractivity contribution in [2.75, 3.05) is 32.7 Å². The summed E-state index contributed by atoms with van der Waals surface area (Å²) in [5.74, 6) is 0. The number of hydrogen-bond acceptors (Lipinski definition) is 3. The lowest BCUT2D eigenvalue weighted by Gasteiger charge is -2.28. The van der Waals surface area contributed by atoms with Crippen molar-refractivity contribution in [3.05, 3.63) is 0 Å². The first-order valence-corrected chi connectivity index (χ1v) is 4.85. The van der Waals surface area contributed by atoms with E-state index in [4.69, 9.17) is 0 Å². The molecule has 1 heterocycles. The van der Waals surface area contributed by atoms with Gasteiger partial charge in [0.2, 0.25) is 0 Å². The van der Waals surface area contributed by atoms with Crippen LogP contribution in [0.15, 0.2) is 0 Å². The molecule has 1 aliphatic heterocycles. The van der Waals surface area contributed by atoms with Crippen LogP contribution in [0.5, 0.6) is 0 Å². The SMILES string of the molecule is CCN(CC)CC1(O)CCNC1.Cl. The minimum atomic E-state index is -0.466. The quantitative estimate of drug-likeness (QED) is 0.706. The average Bonchev–Trinajstić information content (AvgIpc) is 2.48. The molecule has 0 spiro atoms. The van der Waals surface area contributed by atoms with Gasteiger partial charge in [-0.3, -0.25) is 0 Å². The zero-order valence-corrected chi connectivity index (χ0v) is 9.36. The minimum absolute atomic E-state index is 0. The number of rotatable bonds is 4. The predicted octanol–water partition coefficient (Wildman–Crippen LogP) is 0.474. The largest absolute Gasteiger partial charge is 0.387 e. The standard InChI is InChI=1S/C9H20N2O.ClH/c1-3-11(4-2)8-9(12)5-6-10-7-9;/h10,12H,3-8H2,1-2H3;1H.